The van der Waals surface area contributed by atoms with Gasteiger partial charge >= 0.3 is 0 Å². The second-order valence-electron chi connectivity index (χ2n) is 7.54. The summed E-state index contributed by atoms with van der Waals surface area (Å²) in [6.07, 6.45) is 0. The molecule has 0 saturated carbocycles. The van der Waals surface area contributed by atoms with Crippen LogP contribution in [0.5, 0.6) is 23.0 Å². The second kappa shape index (κ2) is 8.61. The summed E-state index contributed by atoms with van der Waals surface area (Å²) in [5.41, 5.74) is 0.737. The monoisotopic (exact) mass is 531 g/mol. The van der Waals surface area contributed by atoms with E-state index in [-0.39, 0.29) is 22.3 Å². The van der Waals surface area contributed by atoms with E-state index in [1.165, 1.54) is 12.1 Å². The average Bonchev–Trinajstić information content (AvgIpc) is 3.26. The van der Waals surface area contributed by atoms with Gasteiger partial charge in [-0.15, -0.1) is 0 Å². The molecule has 0 aliphatic heterocycles. The topological polar surface area (TPSA) is 34.2 Å². The SMILES string of the molecule is Fc1c(F)c(F)c(Oc2ccc3[nH]c4ccc(Oc5c(F)c(F)c(F)c(F)c5F)cc4c3c2)c(F)c1F. The molecule has 13 heteroatoms. The molecule has 0 unspecified atom stereocenters. The lowest BCUT2D eigenvalue weighted by Gasteiger charge is -2.10. The van der Waals surface area contributed by atoms with E-state index in [0.29, 0.717) is 11.0 Å². The van der Waals surface area contributed by atoms with Crippen LogP contribution in [-0.2, 0) is 0 Å². The van der Waals surface area contributed by atoms with Crippen molar-refractivity contribution in [2.75, 3.05) is 0 Å². The Bertz CT molecular complexity index is 1560. The summed E-state index contributed by atoms with van der Waals surface area (Å²) in [6, 6.07) is 7.27. The molecule has 0 aliphatic carbocycles. The van der Waals surface area contributed by atoms with Crippen molar-refractivity contribution in [2.45, 2.75) is 0 Å². The number of fused-ring (bicyclic) bond motifs is 3. The van der Waals surface area contributed by atoms with Crippen LogP contribution in [0.25, 0.3) is 21.8 Å². The van der Waals surface area contributed by atoms with Gasteiger partial charge in [-0.25, -0.2) is 26.3 Å². The smallest absolute Gasteiger partial charge is 0.207 e. The summed E-state index contributed by atoms with van der Waals surface area (Å²) in [5.74, 6) is -26.2. The lowest BCUT2D eigenvalue weighted by atomic mass is 10.1. The van der Waals surface area contributed by atoms with E-state index in [0.717, 1.165) is 24.3 Å². The van der Waals surface area contributed by atoms with Crippen molar-refractivity contribution in [3.63, 3.8) is 0 Å². The minimum Gasteiger partial charge on any atom is -0.451 e. The van der Waals surface area contributed by atoms with E-state index in [2.05, 4.69) is 4.98 Å². The summed E-state index contributed by atoms with van der Waals surface area (Å²) in [4.78, 5) is 2.91. The number of aromatic nitrogens is 1. The minimum absolute atomic E-state index is 0.222. The molecule has 1 aromatic heterocycles. The van der Waals surface area contributed by atoms with Crippen molar-refractivity contribution < 1.29 is 53.4 Å². The standard InChI is InChI=1S/C24H7F10NO2/c25-13-15(27)19(31)23(20(32)16(13)28)36-7-1-3-11-9(5-7)10-6-8(2-4-12(10)35-11)37-24-21(33)17(29)14(26)18(30)22(24)34/h1-6,35H. The highest BCUT2D eigenvalue weighted by Crippen LogP contribution is 2.38. The van der Waals surface area contributed by atoms with Crippen LogP contribution in [0, 0.1) is 58.2 Å². The predicted octanol–water partition coefficient (Wildman–Crippen LogP) is 8.30. The van der Waals surface area contributed by atoms with E-state index in [9.17, 15) is 43.9 Å². The van der Waals surface area contributed by atoms with Gasteiger partial charge in [-0.1, -0.05) is 0 Å². The van der Waals surface area contributed by atoms with E-state index >= 15 is 0 Å². The van der Waals surface area contributed by atoms with Crippen LogP contribution < -0.4 is 9.47 Å². The Morgan fingerprint density at radius 2 is 0.703 bits per heavy atom. The van der Waals surface area contributed by atoms with Crippen molar-refractivity contribution in [1.82, 2.24) is 4.98 Å². The van der Waals surface area contributed by atoms with Crippen LogP contribution in [-0.4, -0.2) is 4.98 Å². The highest BCUT2D eigenvalue weighted by Gasteiger charge is 2.29. The largest absolute Gasteiger partial charge is 0.451 e. The first-order valence-electron chi connectivity index (χ1n) is 9.93. The van der Waals surface area contributed by atoms with E-state index in [1.54, 1.807) is 0 Å². The Balaban J connectivity index is 1.58. The van der Waals surface area contributed by atoms with Gasteiger partial charge in [0.1, 0.15) is 11.5 Å². The quantitative estimate of drug-likeness (QED) is 0.144. The molecule has 3 nitrogen and oxygen atoms in total. The highest BCUT2D eigenvalue weighted by atomic mass is 19.2. The number of hydrogen-bond acceptors (Lipinski definition) is 2. The Hall–Kier alpha value is -4.42. The van der Waals surface area contributed by atoms with Crippen molar-refractivity contribution in [3.05, 3.63) is 94.6 Å². The fourth-order valence-corrected chi connectivity index (χ4v) is 3.57. The maximum absolute atomic E-state index is 14.0. The fraction of sp³-hybridized carbons (Fsp3) is 0. The third kappa shape index (κ3) is 3.77. The van der Waals surface area contributed by atoms with Crippen LogP contribution in [0.2, 0.25) is 0 Å². The summed E-state index contributed by atoms with van der Waals surface area (Å²) in [7, 11) is 0. The molecule has 0 aliphatic rings. The normalized spacial score (nSPS) is 11.5. The number of halogens is 10. The van der Waals surface area contributed by atoms with Crippen LogP contribution in [0.1, 0.15) is 0 Å². The maximum atomic E-state index is 14.0. The van der Waals surface area contributed by atoms with Crippen molar-refractivity contribution in [2.24, 2.45) is 0 Å². The molecule has 5 aromatic rings. The number of aromatic amines is 1. The van der Waals surface area contributed by atoms with Crippen molar-refractivity contribution in [3.8, 4) is 23.0 Å². The molecule has 0 radical (unpaired) electrons. The first kappa shape index (κ1) is 24.3. The number of benzene rings is 4. The third-order valence-corrected chi connectivity index (χ3v) is 5.32. The first-order chi connectivity index (χ1) is 17.5. The zero-order chi connectivity index (χ0) is 26.8. The number of H-pyrrole nitrogens is 1. The Morgan fingerprint density at radius 1 is 0.405 bits per heavy atom. The number of rotatable bonds is 4. The van der Waals surface area contributed by atoms with Gasteiger partial charge in [-0.3, -0.25) is 0 Å². The molecule has 0 fully saturated rings. The number of nitrogens with one attached hydrogen (secondary N) is 1. The fourth-order valence-electron chi connectivity index (χ4n) is 3.57. The Kier molecular flexibility index (Phi) is 5.65. The van der Waals surface area contributed by atoms with E-state index in [1.807, 2.05) is 0 Å². The van der Waals surface area contributed by atoms with Crippen molar-refractivity contribution >= 4 is 21.8 Å². The molecule has 37 heavy (non-hydrogen) atoms. The second-order valence-corrected chi connectivity index (χ2v) is 7.54. The van der Waals surface area contributed by atoms with Gasteiger partial charge in [0.25, 0.3) is 0 Å². The highest BCUT2D eigenvalue weighted by molar-refractivity contribution is 6.08. The summed E-state index contributed by atoms with van der Waals surface area (Å²) in [6.45, 7) is 0. The molecule has 0 saturated heterocycles. The first-order valence-corrected chi connectivity index (χ1v) is 9.93. The summed E-state index contributed by atoms with van der Waals surface area (Å²) in [5, 5.41) is 0.443. The van der Waals surface area contributed by atoms with Crippen LogP contribution >= 0.6 is 0 Å². The van der Waals surface area contributed by atoms with Gasteiger partial charge in [-0.2, -0.15) is 17.6 Å². The molecular formula is C24H7F10NO2. The Labute approximate surface area is 198 Å². The van der Waals surface area contributed by atoms with Gasteiger partial charge in [0.05, 0.1) is 0 Å². The van der Waals surface area contributed by atoms with Crippen LogP contribution in [0.3, 0.4) is 0 Å². The Morgan fingerprint density at radius 3 is 1.03 bits per heavy atom. The molecule has 0 amide bonds. The molecule has 1 heterocycles. The molecular weight excluding hydrogens is 524 g/mol. The number of ether oxygens (including phenoxy) is 2. The van der Waals surface area contributed by atoms with Gasteiger partial charge in [0.15, 0.2) is 0 Å². The zero-order valence-electron chi connectivity index (χ0n) is 17.6. The lowest BCUT2D eigenvalue weighted by molar-refractivity contribution is 0.332. The predicted molar refractivity (Wildman–Crippen MR) is 108 cm³/mol. The summed E-state index contributed by atoms with van der Waals surface area (Å²) >= 11 is 0. The van der Waals surface area contributed by atoms with Gasteiger partial charge in [-0.05, 0) is 36.4 Å². The van der Waals surface area contributed by atoms with Crippen molar-refractivity contribution in [1.29, 1.82) is 0 Å². The molecule has 0 atom stereocenters. The molecule has 190 valence electrons. The molecule has 5 rings (SSSR count). The molecule has 0 bridgehead atoms. The summed E-state index contributed by atoms with van der Waals surface area (Å²) < 4.78 is 146. The zero-order valence-corrected chi connectivity index (χ0v) is 17.6. The molecule has 1 N–H and O–H groups in total. The minimum atomic E-state index is -2.37. The van der Waals surface area contributed by atoms with Gasteiger partial charge in [0.2, 0.25) is 69.7 Å². The van der Waals surface area contributed by atoms with Gasteiger partial charge in [0, 0.05) is 21.8 Å². The van der Waals surface area contributed by atoms with E-state index in [4.69, 9.17) is 9.47 Å². The van der Waals surface area contributed by atoms with Gasteiger partial charge < -0.3 is 14.5 Å². The van der Waals surface area contributed by atoms with Crippen LogP contribution in [0.4, 0.5) is 43.9 Å². The number of hydrogen-bond donors (Lipinski definition) is 1. The third-order valence-electron chi connectivity index (χ3n) is 5.32. The average molecular weight is 531 g/mol. The van der Waals surface area contributed by atoms with E-state index < -0.39 is 69.7 Å². The molecule has 0 spiro atoms. The maximum Gasteiger partial charge on any atom is 0.207 e. The lowest BCUT2D eigenvalue weighted by Crippen LogP contribution is -2.04. The van der Waals surface area contributed by atoms with Crippen LogP contribution in [0.15, 0.2) is 36.4 Å². The molecule has 4 aromatic carbocycles.